The fraction of sp³-hybridized carbons (Fsp3) is 0.733. The molecule has 5 rings (SSSR count). The van der Waals surface area contributed by atoms with Crippen LogP contribution in [0.25, 0.3) is 0 Å². The Morgan fingerprint density at radius 1 is 1.19 bits per heavy atom. The predicted molar refractivity (Wildman–Crippen MR) is 77.9 cm³/mol. The van der Waals surface area contributed by atoms with Crippen molar-refractivity contribution >= 4 is 10.0 Å². The lowest BCUT2D eigenvalue weighted by Gasteiger charge is -2.59. The van der Waals surface area contributed by atoms with E-state index in [2.05, 4.69) is 4.72 Å². The fourth-order valence-corrected chi connectivity index (χ4v) is 6.08. The Labute approximate surface area is 125 Å². The van der Waals surface area contributed by atoms with E-state index in [1.165, 1.54) is 44.4 Å². The highest BCUT2D eigenvalue weighted by atomic mass is 32.2. The summed E-state index contributed by atoms with van der Waals surface area (Å²) in [6, 6.07) is 3.04. The van der Waals surface area contributed by atoms with Crippen molar-refractivity contribution in [3.63, 3.8) is 0 Å². The highest BCUT2D eigenvalue weighted by Crippen LogP contribution is 2.57. The molecule has 3 N–H and O–H groups in total. The third-order valence-corrected chi connectivity index (χ3v) is 7.27. The van der Waals surface area contributed by atoms with Crippen LogP contribution in [0.4, 0.5) is 0 Å². The topological polar surface area (TPSA) is 85.3 Å². The normalized spacial score (nSPS) is 41.6. The van der Waals surface area contributed by atoms with Gasteiger partial charge in [-0.05, 0) is 67.9 Å². The lowest BCUT2D eigenvalue weighted by Crippen LogP contribution is -2.67. The molecule has 1 aromatic heterocycles. The Morgan fingerprint density at radius 3 is 2.33 bits per heavy atom. The van der Waals surface area contributed by atoms with E-state index in [4.69, 9.17) is 10.2 Å². The zero-order valence-electron chi connectivity index (χ0n) is 12.0. The lowest BCUT2D eigenvalue weighted by molar-refractivity contribution is -0.0521. The minimum absolute atomic E-state index is 0.0325. The molecule has 1 aromatic rings. The fourth-order valence-electron chi connectivity index (χ4n) is 5.06. The van der Waals surface area contributed by atoms with Crippen molar-refractivity contribution in [2.24, 2.45) is 29.4 Å². The van der Waals surface area contributed by atoms with Gasteiger partial charge in [-0.2, -0.15) is 0 Å². The summed E-state index contributed by atoms with van der Waals surface area (Å²) in [5.74, 6) is 2.58. The molecule has 4 aliphatic rings. The molecule has 5 nitrogen and oxygen atoms in total. The van der Waals surface area contributed by atoms with Gasteiger partial charge in [0.25, 0.3) is 10.0 Å². The van der Waals surface area contributed by atoms with Crippen molar-refractivity contribution < 1.29 is 12.8 Å². The molecule has 0 aliphatic heterocycles. The second-order valence-corrected chi connectivity index (χ2v) is 8.87. The van der Waals surface area contributed by atoms with E-state index in [9.17, 15) is 8.42 Å². The zero-order chi connectivity index (χ0) is 14.7. The third kappa shape index (κ3) is 2.15. The molecule has 6 heteroatoms. The minimum atomic E-state index is -3.58. The second-order valence-electron chi connectivity index (χ2n) is 7.17. The van der Waals surface area contributed by atoms with E-state index in [-0.39, 0.29) is 10.6 Å². The first-order valence-corrected chi connectivity index (χ1v) is 9.28. The van der Waals surface area contributed by atoms with Crippen LogP contribution in [0.2, 0.25) is 0 Å². The molecule has 0 amide bonds. The molecule has 0 radical (unpaired) electrons. The van der Waals surface area contributed by atoms with Gasteiger partial charge in [-0.15, -0.1) is 0 Å². The molecule has 0 aromatic carbocycles. The summed E-state index contributed by atoms with van der Waals surface area (Å²) in [7, 11) is -3.58. The first-order chi connectivity index (χ1) is 9.97. The van der Waals surface area contributed by atoms with Gasteiger partial charge in [0.1, 0.15) is 0 Å². The zero-order valence-corrected chi connectivity index (χ0v) is 12.8. The van der Waals surface area contributed by atoms with Gasteiger partial charge in [-0.1, -0.05) is 0 Å². The van der Waals surface area contributed by atoms with E-state index in [0.717, 1.165) is 11.8 Å². The molecule has 4 aliphatic carbocycles. The van der Waals surface area contributed by atoms with Crippen LogP contribution in [0, 0.1) is 23.7 Å². The van der Waals surface area contributed by atoms with Gasteiger partial charge in [0.05, 0.1) is 6.26 Å². The maximum absolute atomic E-state index is 12.2. The molecule has 4 fully saturated rings. The van der Waals surface area contributed by atoms with Crippen LogP contribution in [0.5, 0.6) is 0 Å². The molecule has 116 valence electrons. The van der Waals surface area contributed by atoms with E-state index < -0.39 is 10.0 Å². The molecule has 0 saturated heterocycles. The number of nitrogens with one attached hydrogen (secondary N) is 1. The van der Waals surface area contributed by atoms with Gasteiger partial charge in [-0.25, -0.2) is 13.1 Å². The van der Waals surface area contributed by atoms with Crippen molar-refractivity contribution in [2.45, 2.75) is 42.7 Å². The van der Waals surface area contributed by atoms with Gasteiger partial charge in [-0.3, -0.25) is 0 Å². The van der Waals surface area contributed by atoms with Gasteiger partial charge in [0.15, 0.2) is 0 Å². The van der Waals surface area contributed by atoms with Crippen molar-refractivity contribution in [3.8, 4) is 0 Å². The van der Waals surface area contributed by atoms with Gasteiger partial charge in [0, 0.05) is 12.1 Å². The number of hydrogen-bond acceptors (Lipinski definition) is 4. The summed E-state index contributed by atoms with van der Waals surface area (Å²) < 4.78 is 32.1. The molecule has 0 spiro atoms. The Balaban J connectivity index is 1.52. The summed E-state index contributed by atoms with van der Waals surface area (Å²) in [6.45, 7) is 0.324. The average molecular weight is 310 g/mol. The minimum Gasteiger partial charge on any atom is -0.452 e. The van der Waals surface area contributed by atoms with E-state index in [1.54, 1.807) is 6.07 Å². The van der Waals surface area contributed by atoms with Crippen LogP contribution < -0.4 is 10.5 Å². The van der Waals surface area contributed by atoms with Crippen molar-refractivity contribution in [3.05, 3.63) is 18.4 Å². The van der Waals surface area contributed by atoms with Gasteiger partial charge < -0.3 is 10.2 Å². The standard InChI is InChI=1S/C15H22N2O3S/c16-15(9-17-21(18,19)14-2-1-3-20-14)12-5-10-4-11(7-12)8-13(15)6-10/h1-3,10-13,17H,4-9,16H2. The number of furan rings is 1. The highest BCUT2D eigenvalue weighted by molar-refractivity contribution is 7.89. The van der Waals surface area contributed by atoms with Crippen molar-refractivity contribution in [1.29, 1.82) is 0 Å². The van der Waals surface area contributed by atoms with Crippen molar-refractivity contribution in [2.75, 3.05) is 6.54 Å². The highest BCUT2D eigenvalue weighted by Gasteiger charge is 2.55. The summed E-state index contributed by atoms with van der Waals surface area (Å²) >= 11 is 0. The summed E-state index contributed by atoms with van der Waals surface area (Å²) in [5, 5.41) is -0.0325. The van der Waals surface area contributed by atoms with Crippen LogP contribution in [-0.4, -0.2) is 20.5 Å². The molecule has 4 saturated carbocycles. The van der Waals surface area contributed by atoms with Crippen molar-refractivity contribution in [1.82, 2.24) is 4.72 Å². The molecular formula is C15H22N2O3S. The summed E-state index contributed by atoms with van der Waals surface area (Å²) in [4.78, 5) is 0. The Bertz CT molecular complexity index is 595. The molecule has 0 atom stereocenters. The predicted octanol–water partition coefficient (Wildman–Crippen LogP) is 1.71. The molecule has 0 unspecified atom stereocenters. The van der Waals surface area contributed by atoms with Crippen LogP contribution in [-0.2, 0) is 10.0 Å². The molecular weight excluding hydrogens is 288 g/mol. The Morgan fingerprint density at radius 2 is 1.81 bits per heavy atom. The molecule has 21 heavy (non-hydrogen) atoms. The van der Waals surface area contributed by atoms with E-state index in [0.29, 0.717) is 18.4 Å². The van der Waals surface area contributed by atoms with Crippen LogP contribution in [0.1, 0.15) is 32.1 Å². The van der Waals surface area contributed by atoms with E-state index >= 15 is 0 Å². The number of sulfonamides is 1. The SMILES string of the molecule is NC1(CNS(=O)(=O)c2ccco2)C2CC3CC(C2)CC1C3. The number of rotatable bonds is 4. The number of hydrogen-bond donors (Lipinski definition) is 2. The quantitative estimate of drug-likeness (QED) is 0.886. The first-order valence-electron chi connectivity index (χ1n) is 7.79. The molecule has 4 bridgehead atoms. The summed E-state index contributed by atoms with van der Waals surface area (Å²) in [5.41, 5.74) is 6.31. The average Bonchev–Trinajstić information content (AvgIpc) is 2.97. The van der Waals surface area contributed by atoms with Gasteiger partial charge >= 0.3 is 0 Å². The maximum Gasteiger partial charge on any atom is 0.274 e. The lowest BCUT2D eigenvalue weighted by atomic mass is 9.49. The van der Waals surface area contributed by atoms with Crippen LogP contribution in [0.3, 0.4) is 0 Å². The Kier molecular flexibility index (Phi) is 3.00. The monoisotopic (exact) mass is 310 g/mol. The van der Waals surface area contributed by atoms with Crippen LogP contribution >= 0.6 is 0 Å². The molecule has 1 heterocycles. The Hall–Kier alpha value is -0.850. The largest absolute Gasteiger partial charge is 0.452 e. The summed E-state index contributed by atoms with van der Waals surface area (Å²) in [6.07, 6.45) is 7.42. The third-order valence-electron chi connectivity index (χ3n) is 5.99. The van der Waals surface area contributed by atoms with Gasteiger partial charge in [0.2, 0.25) is 5.09 Å². The maximum atomic E-state index is 12.2. The van der Waals surface area contributed by atoms with Crippen LogP contribution in [0.15, 0.2) is 27.9 Å². The smallest absolute Gasteiger partial charge is 0.274 e. The number of nitrogens with two attached hydrogens (primary N) is 1. The second kappa shape index (κ2) is 4.57. The first kappa shape index (κ1) is 13.8. The van der Waals surface area contributed by atoms with E-state index in [1.807, 2.05) is 0 Å².